The van der Waals surface area contributed by atoms with Crippen molar-refractivity contribution in [2.45, 2.75) is 43.9 Å². The van der Waals surface area contributed by atoms with Gasteiger partial charge in [0.25, 0.3) is 0 Å². The van der Waals surface area contributed by atoms with Crippen LogP contribution in [0.2, 0.25) is 0 Å². The van der Waals surface area contributed by atoms with Crippen molar-refractivity contribution in [2.75, 3.05) is 6.54 Å². The van der Waals surface area contributed by atoms with Gasteiger partial charge in [-0.15, -0.1) is 0 Å². The molecule has 9 heteroatoms. The average Bonchev–Trinajstić information content (AvgIpc) is 2.71. The Bertz CT molecular complexity index is 531. The molecule has 1 aromatic rings. The van der Waals surface area contributed by atoms with E-state index in [-0.39, 0.29) is 18.8 Å². The number of halogens is 6. The van der Waals surface area contributed by atoms with Crippen LogP contribution in [-0.4, -0.2) is 28.6 Å². The van der Waals surface area contributed by atoms with Crippen molar-refractivity contribution in [1.82, 2.24) is 9.88 Å². The summed E-state index contributed by atoms with van der Waals surface area (Å²) in [6.07, 6.45) is -9.66. The second kappa shape index (κ2) is 4.39. The molecule has 2 unspecified atom stereocenters. The highest BCUT2D eigenvalue weighted by Gasteiger charge is 2.58. The number of rotatable bonds is 1. The first-order chi connectivity index (χ1) is 9.32. The molecule has 0 saturated heterocycles. The summed E-state index contributed by atoms with van der Waals surface area (Å²) in [4.78, 5) is 0. The quantitative estimate of drug-likeness (QED) is 0.782. The fraction of sp³-hybridized carbons (Fsp3) is 0.667. The first-order valence-corrected chi connectivity index (χ1v) is 6.14. The maximum Gasteiger partial charge on any atom is 0.422 e. The molecule has 1 aliphatic rings. The van der Waals surface area contributed by atoms with Gasteiger partial charge in [0.1, 0.15) is 0 Å². The van der Waals surface area contributed by atoms with Gasteiger partial charge in [0.05, 0.1) is 5.69 Å². The number of hydrogen-bond donors (Lipinski definition) is 2. The number of nitrogens with one attached hydrogen (secondary N) is 1. The first kappa shape index (κ1) is 16.2. The van der Waals surface area contributed by atoms with Crippen molar-refractivity contribution in [1.29, 1.82) is 0 Å². The van der Waals surface area contributed by atoms with Crippen molar-refractivity contribution in [3.63, 3.8) is 0 Å². The van der Waals surface area contributed by atoms with E-state index in [0.717, 1.165) is 23.6 Å². The fourth-order valence-corrected chi connectivity index (χ4v) is 2.47. The first-order valence-electron chi connectivity index (χ1n) is 6.14. The van der Waals surface area contributed by atoms with E-state index in [1.165, 1.54) is 0 Å². The smallest absolute Gasteiger partial charge is 0.375 e. The lowest BCUT2D eigenvalue weighted by Crippen LogP contribution is -2.57. The van der Waals surface area contributed by atoms with Crippen molar-refractivity contribution in [3.8, 4) is 0 Å². The van der Waals surface area contributed by atoms with Crippen molar-refractivity contribution < 1.29 is 31.4 Å². The molecule has 0 saturated carbocycles. The van der Waals surface area contributed by atoms with Gasteiger partial charge < -0.3 is 9.67 Å². The minimum Gasteiger partial charge on any atom is -0.375 e. The van der Waals surface area contributed by atoms with E-state index in [4.69, 9.17) is 0 Å². The zero-order chi connectivity index (χ0) is 16.3. The fourth-order valence-electron chi connectivity index (χ4n) is 2.47. The second-order valence-corrected chi connectivity index (χ2v) is 5.37. The SMILES string of the molecule is CC(O)(c1ccc2n1CCNC2(C)C(F)(F)F)C(F)(F)F. The highest BCUT2D eigenvalue weighted by atomic mass is 19.4. The summed E-state index contributed by atoms with van der Waals surface area (Å²) < 4.78 is 79.1. The average molecular weight is 316 g/mol. The molecule has 2 atom stereocenters. The van der Waals surface area contributed by atoms with E-state index >= 15 is 0 Å². The zero-order valence-corrected chi connectivity index (χ0v) is 11.2. The van der Waals surface area contributed by atoms with E-state index in [2.05, 4.69) is 5.32 Å². The Balaban J connectivity index is 2.59. The molecule has 120 valence electrons. The minimum atomic E-state index is -4.98. The molecule has 3 nitrogen and oxygen atoms in total. The highest BCUT2D eigenvalue weighted by molar-refractivity contribution is 5.30. The van der Waals surface area contributed by atoms with Crippen LogP contribution in [0.4, 0.5) is 26.3 Å². The van der Waals surface area contributed by atoms with Crippen LogP contribution in [-0.2, 0) is 17.7 Å². The highest BCUT2D eigenvalue weighted by Crippen LogP contribution is 2.44. The van der Waals surface area contributed by atoms with Crippen molar-refractivity contribution >= 4 is 0 Å². The Morgan fingerprint density at radius 1 is 1.19 bits per heavy atom. The molecule has 21 heavy (non-hydrogen) atoms. The Labute approximate surface area is 116 Å². The standard InChI is InChI=1S/C12H14F6N2O/c1-9(11(13,14)15)7-3-4-8(20(7)6-5-19-9)10(2,21)12(16,17)18/h3-4,19,21H,5-6H2,1-2H3. The molecule has 1 aromatic heterocycles. The van der Waals surface area contributed by atoms with Gasteiger partial charge in [-0.05, 0) is 26.0 Å². The molecular weight excluding hydrogens is 302 g/mol. The van der Waals surface area contributed by atoms with E-state index < -0.39 is 29.2 Å². The third-order valence-electron chi connectivity index (χ3n) is 3.92. The molecule has 0 spiro atoms. The summed E-state index contributed by atoms with van der Waals surface area (Å²) in [6, 6.07) is 1.86. The van der Waals surface area contributed by atoms with Gasteiger partial charge in [-0.2, -0.15) is 26.3 Å². The van der Waals surface area contributed by atoms with Gasteiger partial charge in [-0.3, -0.25) is 5.32 Å². The van der Waals surface area contributed by atoms with Crippen LogP contribution < -0.4 is 5.32 Å². The number of aliphatic hydroxyl groups is 1. The Morgan fingerprint density at radius 3 is 2.24 bits per heavy atom. The zero-order valence-electron chi connectivity index (χ0n) is 11.2. The number of nitrogens with zero attached hydrogens (tertiary/aromatic N) is 1. The van der Waals surface area contributed by atoms with Gasteiger partial charge in [0.2, 0.25) is 0 Å². The lowest BCUT2D eigenvalue weighted by molar-refractivity contribution is -0.261. The summed E-state index contributed by atoms with van der Waals surface area (Å²) >= 11 is 0. The lowest BCUT2D eigenvalue weighted by atomic mass is 9.95. The van der Waals surface area contributed by atoms with Gasteiger partial charge >= 0.3 is 12.4 Å². The van der Waals surface area contributed by atoms with E-state index in [0.29, 0.717) is 6.92 Å². The third-order valence-corrected chi connectivity index (χ3v) is 3.92. The normalized spacial score (nSPS) is 26.3. The molecule has 0 bridgehead atoms. The molecule has 0 radical (unpaired) electrons. The van der Waals surface area contributed by atoms with Crippen LogP contribution in [0.25, 0.3) is 0 Å². The van der Waals surface area contributed by atoms with Gasteiger partial charge in [0.15, 0.2) is 11.1 Å². The molecule has 1 aliphatic heterocycles. The number of hydrogen-bond acceptors (Lipinski definition) is 2. The van der Waals surface area contributed by atoms with E-state index in [1.54, 1.807) is 0 Å². The molecule has 0 aliphatic carbocycles. The number of fused-ring (bicyclic) bond motifs is 1. The molecule has 2 rings (SSSR count). The molecule has 0 amide bonds. The summed E-state index contributed by atoms with van der Waals surface area (Å²) in [5.74, 6) is 0. The summed E-state index contributed by atoms with van der Waals surface area (Å²) in [5, 5.41) is 12.0. The monoisotopic (exact) mass is 316 g/mol. The van der Waals surface area contributed by atoms with E-state index in [1.807, 2.05) is 0 Å². The molecule has 2 N–H and O–H groups in total. The van der Waals surface area contributed by atoms with Crippen molar-refractivity contribution in [2.24, 2.45) is 0 Å². The Hall–Kier alpha value is -1.22. The largest absolute Gasteiger partial charge is 0.422 e. The minimum absolute atomic E-state index is 0.0877. The Morgan fingerprint density at radius 2 is 1.76 bits per heavy atom. The summed E-state index contributed by atoms with van der Waals surface area (Å²) in [5.41, 5.74) is -6.61. The molecule has 2 heterocycles. The maximum atomic E-state index is 13.2. The van der Waals surface area contributed by atoms with Gasteiger partial charge in [-0.1, -0.05) is 0 Å². The molecule has 0 fully saturated rings. The number of alkyl halides is 6. The van der Waals surface area contributed by atoms with Crippen molar-refractivity contribution in [3.05, 3.63) is 23.5 Å². The maximum absolute atomic E-state index is 13.2. The summed E-state index contributed by atoms with van der Waals surface area (Å²) in [6.45, 7) is 1.15. The third kappa shape index (κ3) is 2.22. The second-order valence-electron chi connectivity index (χ2n) is 5.37. The Kier molecular flexibility index (Phi) is 3.38. The van der Waals surface area contributed by atoms with Crippen LogP contribution in [0.5, 0.6) is 0 Å². The number of aromatic nitrogens is 1. The molecule has 0 aromatic carbocycles. The molecular formula is C12H14F6N2O. The van der Waals surface area contributed by atoms with Crippen LogP contribution in [0.15, 0.2) is 12.1 Å². The van der Waals surface area contributed by atoms with Crippen LogP contribution in [0.3, 0.4) is 0 Å². The van der Waals surface area contributed by atoms with E-state index in [9.17, 15) is 31.4 Å². The predicted molar refractivity (Wildman–Crippen MR) is 61.5 cm³/mol. The van der Waals surface area contributed by atoms with Crippen LogP contribution >= 0.6 is 0 Å². The van der Waals surface area contributed by atoms with Crippen LogP contribution in [0.1, 0.15) is 25.2 Å². The predicted octanol–water partition coefficient (Wildman–Crippen LogP) is 2.64. The lowest BCUT2D eigenvalue weighted by Gasteiger charge is -2.39. The van der Waals surface area contributed by atoms with Gasteiger partial charge in [-0.25, -0.2) is 0 Å². The van der Waals surface area contributed by atoms with Gasteiger partial charge in [0, 0.05) is 18.8 Å². The summed E-state index contributed by atoms with van der Waals surface area (Å²) in [7, 11) is 0. The topological polar surface area (TPSA) is 37.2 Å². The van der Waals surface area contributed by atoms with Crippen LogP contribution in [0, 0.1) is 0 Å².